The van der Waals surface area contributed by atoms with Gasteiger partial charge < -0.3 is 38.8 Å². The molecule has 0 amide bonds. The van der Waals surface area contributed by atoms with E-state index in [1.807, 2.05) is 0 Å². The molecule has 0 aromatic heterocycles. The van der Waals surface area contributed by atoms with Crippen LogP contribution in [-0.4, -0.2) is 71.0 Å². The third-order valence-electron chi connectivity index (χ3n) is 0.203. The minimum atomic E-state index is -5.61. The predicted octanol–water partition coefficient (Wildman–Crippen LogP) is -7.06. The van der Waals surface area contributed by atoms with Gasteiger partial charge in [0.1, 0.15) is 0 Å². The molecule has 0 saturated carbocycles. The smallest absolute Gasteiger partial charge is 1.00 e. The molecule has 0 rings (SSSR count). The zero-order valence-corrected chi connectivity index (χ0v) is 11.7. The third kappa shape index (κ3) is 53.7. The topological polar surface area (TPSA) is 211 Å². The van der Waals surface area contributed by atoms with Gasteiger partial charge in [-0.2, -0.15) is 0 Å². The molecular formula is H7KNaO11P3. The zero-order chi connectivity index (χ0) is 12.2. The van der Waals surface area contributed by atoms with E-state index in [0.717, 1.165) is 0 Å². The summed E-state index contributed by atoms with van der Waals surface area (Å²) in [7, 11) is -15.7. The van der Waals surface area contributed by atoms with Crippen LogP contribution in [0.15, 0.2) is 0 Å². The Morgan fingerprint density at radius 3 is 1.12 bits per heavy atom. The van der Waals surface area contributed by atoms with Crippen molar-refractivity contribution in [2.45, 2.75) is 0 Å². The van der Waals surface area contributed by atoms with Gasteiger partial charge in [-0.1, -0.05) is 0 Å². The van der Waals surface area contributed by atoms with Gasteiger partial charge in [-0.25, -0.2) is 4.57 Å². The summed E-state index contributed by atoms with van der Waals surface area (Å²) in [5.74, 6) is 0. The molecule has 0 saturated heterocycles. The van der Waals surface area contributed by atoms with E-state index in [9.17, 15) is 23.8 Å². The summed E-state index contributed by atoms with van der Waals surface area (Å²) >= 11 is 0. The Balaban J connectivity index is -0.0000000359. The number of phosphoric acid groups is 3. The van der Waals surface area contributed by atoms with Crippen LogP contribution in [0.1, 0.15) is 2.85 Å². The van der Waals surface area contributed by atoms with Crippen LogP contribution in [-0.2, 0) is 18.0 Å². The summed E-state index contributed by atoms with van der Waals surface area (Å²) in [5, 5.41) is 0. The van der Waals surface area contributed by atoms with Gasteiger partial charge in [0.25, 0.3) is 7.82 Å². The van der Waals surface area contributed by atoms with Crippen LogP contribution in [0.4, 0.5) is 0 Å². The first-order valence-corrected chi connectivity index (χ1v) is 6.78. The van der Waals surface area contributed by atoms with Gasteiger partial charge in [-0.05, 0) is 0 Å². The average molecular weight is 338 g/mol. The van der Waals surface area contributed by atoms with Crippen LogP contribution in [0.3, 0.4) is 0 Å². The minimum Gasteiger partial charge on any atom is 1.00 e. The molecule has 0 aromatic carbocycles. The second kappa shape index (κ2) is 10.8. The van der Waals surface area contributed by atoms with Gasteiger partial charge in [0.05, 0.1) is 7.82 Å². The van der Waals surface area contributed by atoms with E-state index >= 15 is 0 Å². The molecule has 0 fully saturated rings. The Bertz CT molecular complexity index is 273. The summed E-state index contributed by atoms with van der Waals surface area (Å²) < 4.78 is 30.3. The Morgan fingerprint density at radius 1 is 0.938 bits per heavy atom. The predicted molar refractivity (Wildman–Crippen MR) is 42.2 cm³/mol. The maximum absolute atomic E-state index is 9.44. The first-order chi connectivity index (χ1) is 5.71. The van der Waals surface area contributed by atoms with Crippen LogP contribution in [0.2, 0.25) is 0 Å². The van der Waals surface area contributed by atoms with Crippen LogP contribution in [0, 0.1) is 0 Å². The molecule has 1 atom stereocenters. The largest absolute Gasteiger partial charge is 1.00 e. The Morgan fingerprint density at radius 2 is 1.12 bits per heavy atom. The summed E-state index contributed by atoms with van der Waals surface area (Å²) in [4.78, 5) is 57.3. The van der Waals surface area contributed by atoms with Crippen molar-refractivity contribution in [2.24, 2.45) is 0 Å². The molecule has 0 spiro atoms. The molecule has 1 unspecified atom stereocenters. The number of rotatable bonds is 2. The van der Waals surface area contributed by atoms with Gasteiger partial charge in [-0.15, -0.1) is 0 Å². The quantitative estimate of drug-likeness (QED) is 0.274. The van der Waals surface area contributed by atoms with E-state index in [-0.39, 0.29) is 83.8 Å². The van der Waals surface area contributed by atoms with Gasteiger partial charge in [0, 0.05) is 0 Å². The SMILES string of the molecule is O=P(O)(O)O.O=P([O-])([O-])OP(=O)([O-])O.[H+].[H+].[KH].[Na+]. The van der Waals surface area contributed by atoms with Crippen LogP contribution < -0.4 is 44.2 Å². The maximum atomic E-state index is 9.44. The standard InChI is InChI=1S/K.Na.H4O7P2.H3O4P.H/c;;1-8(2,3)7-9(4,5)6;1-5(2,3)4;/h;;(H2,1,2,3)(H2,4,5,6);(H3,1,2,3,4);/q;+1;;;/p-1. The molecule has 11 nitrogen and oxygen atoms in total. The van der Waals surface area contributed by atoms with Crippen molar-refractivity contribution in [1.29, 1.82) is 0 Å². The molecule has 16 heteroatoms. The summed E-state index contributed by atoms with van der Waals surface area (Å²) in [6.07, 6.45) is 0. The van der Waals surface area contributed by atoms with Crippen LogP contribution in [0.5, 0.6) is 0 Å². The molecule has 0 bridgehead atoms. The van der Waals surface area contributed by atoms with E-state index in [1.54, 1.807) is 0 Å². The van der Waals surface area contributed by atoms with Crippen molar-refractivity contribution in [3.05, 3.63) is 0 Å². The van der Waals surface area contributed by atoms with Gasteiger partial charge in [0.15, 0.2) is 0 Å². The first-order valence-electron chi connectivity index (χ1n) is 2.26. The zero-order valence-electron chi connectivity index (χ0n) is 8.99. The molecule has 4 N–H and O–H groups in total. The van der Waals surface area contributed by atoms with Crippen molar-refractivity contribution in [3.63, 3.8) is 0 Å². The number of hydrogen-bond acceptors (Lipinski definition) is 7. The molecule has 0 radical (unpaired) electrons. The van der Waals surface area contributed by atoms with Gasteiger partial charge in [-0.3, -0.25) is 8.88 Å². The Kier molecular flexibility index (Phi) is 18.4. The van der Waals surface area contributed by atoms with Crippen molar-refractivity contribution < 1.29 is 84.7 Å². The summed E-state index contributed by atoms with van der Waals surface area (Å²) in [6.45, 7) is 0. The van der Waals surface area contributed by atoms with E-state index < -0.39 is 23.5 Å². The molecule has 0 heterocycles. The number of hydrogen-bond donors (Lipinski definition) is 4. The fourth-order valence-electron chi connectivity index (χ4n) is 0.126. The molecule has 0 aliphatic rings. The normalized spacial score (nSPS) is 14.4. The third-order valence-corrected chi connectivity index (χ3v) is 1.83. The monoisotopic (exact) mass is 338 g/mol. The molecule has 0 aliphatic heterocycles. The maximum Gasteiger partial charge on any atom is 1.00 e. The van der Waals surface area contributed by atoms with Crippen LogP contribution in [0.25, 0.3) is 0 Å². The molecule has 16 heavy (non-hydrogen) atoms. The summed E-state index contributed by atoms with van der Waals surface area (Å²) in [5.41, 5.74) is 0. The molecule has 0 aromatic rings. The van der Waals surface area contributed by atoms with Gasteiger partial charge in [0.2, 0.25) is 0 Å². The average Bonchev–Trinajstić information content (AvgIpc) is 1.42. The van der Waals surface area contributed by atoms with E-state index in [4.69, 9.17) is 24.1 Å². The fourth-order valence-corrected chi connectivity index (χ4v) is 1.14. The second-order valence-corrected chi connectivity index (χ2v) is 5.02. The molecular weight excluding hydrogens is 331 g/mol. The van der Waals surface area contributed by atoms with Crippen molar-refractivity contribution in [1.82, 2.24) is 0 Å². The van der Waals surface area contributed by atoms with Gasteiger partial charge >= 0.3 is 91.6 Å². The van der Waals surface area contributed by atoms with E-state index in [1.165, 1.54) is 0 Å². The summed E-state index contributed by atoms with van der Waals surface area (Å²) in [6, 6.07) is 0. The fraction of sp³-hybridized carbons (Fsp3) is 0. The first kappa shape index (κ1) is 27.4. The molecule has 90 valence electrons. The second-order valence-electron chi connectivity index (χ2n) is 1.51. The van der Waals surface area contributed by atoms with Crippen molar-refractivity contribution in [2.75, 3.05) is 0 Å². The van der Waals surface area contributed by atoms with Crippen LogP contribution >= 0.6 is 23.5 Å². The Labute approximate surface area is 157 Å². The minimum absolute atomic E-state index is 0. The Hall–Kier alpha value is 3.01. The van der Waals surface area contributed by atoms with E-state index in [2.05, 4.69) is 4.31 Å². The van der Waals surface area contributed by atoms with E-state index in [0.29, 0.717) is 0 Å². The van der Waals surface area contributed by atoms with Crippen molar-refractivity contribution >= 4 is 74.9 Å². The molecule has 0 aliphatic carbocycles. The van der Waals surface area contributed by atoms with Crippen molar-refractivity contribution in [3.8, 4) is 0 Å².